The lowest BCUT2D eigenvalue weighted by molar-refractivity contribution is 0.216. The zero-order chi connectivity index (χ0) is 20.3. The lowest BCUT2D eigenvalue weighted by Gasteiger charge is -2.23. The van der Waals surface area contributed by atoms with Crippen molar-refractivity contribution in [3.63, 3.8) is 0 Å². The number of amides is 2. The Morgan fingerprint density at radius 2 is 1.93 bits per heavy atom. The number of benzene rings is 1. The minimum Gasteiger partial charge on any atom is -0.472 e. The van der Waals surface area contributed by atoms with Crippen LogP contribution >= 0.6 is 0 Å². The van der Waals surface area contributed by atoms with Gasteiger partial charge in [-0.1, -0.05) is 6.07 Å². The summed E-state index contributed by atoms with van der Waals surface area (Å²) in [5.74, 6) is 10.0. The molecule has 0 aliphatic rings. The van der Waals surface area contributed by atoms with Gasteiger partial charge in [0, 0.05) is 25.5 Å². The SMILES string of the molecule is CN(N)C(=O)N(N)c1cccc(F)c1COc1ccn(-c2ncccc2F)n1. The highest BCUT2D eigenvalue weighted by molar-refractivity contribution is 5.91. The maximum Gasteiger partial charge on any atom is 0.352 e. The Balaban J connectivity index is 1.80. The van der Waals surface area contributed by atoms with E-state index in [9.17, 15) is 13.6 Å². The summed E-state index contributed by atoms with van der Waals surface area (Å²) in [4.78, 5) is 15.9. The average molecular weight is 389 g/mol. The van der Waals surface area contributed by atoms with E-state index in [4.69, 9.17) is 16.4 Å². The van der Waals surface area contributed by atoms with Crippen molar-refractivity contribution in [2.45, 2.75) is 6.61 Å². The van der Waals surface area contributed by atoms with E-state index in [-0.39, 0.29) is 29.6 Å². The molecular weight excluding hydrogens is 372 g/mol. The second-order valence-corrected chi connectivity index (χ2v) is 5.70. The molecular formula is C17H17F2N7O2. The Morgan fingerprint density at radius 3 is 2.64 bits per heavy atom. The second kappa shape index (κ2) is 7.98. The van der Waals surface area contributed by atoms with Gasteiger partial charge in [-0.2, -0.15) is 0 Å². The molecule has 0 saturated carbocycles. The molecule has 0 unspecified atom stereocenters. The average Bonchev–Trinajstić information content (AvgIpc) is 3.14. The van der Waals surface area contributed by atoms with Gasteiger partial charge in [0.15, 0.2) is 11.6 Å². The zero-order valence-corrected chi connectivity index (χ0v) is 14.8. The number of aromatic nitrogens is 3. The summed E-state index contributed by atoms with van der Waals surface area (Å²) in [7, 11) is 1.31. The Bertz CT molecular complexity index is 993. The number of halogens is 2. The van der Waals surface area contributed by atoms with Gasteiger partial charge in [0.1, 0.15) is 12.4 Å². The number of nitrogens with two attached hydrogens (primary N) is 2. The predicted octanol–water partition coefficient (Wildman–Crippen LogP) is 1.73. The van der Waals surface area contributed by atoms with Crippen molar-refractivity contribution in [2.75, 3.05) is 12.1 Å². The van der Waals surface area contributed by atoms with E-state index >= 15 is 0 Å². The summed E-state index contributed by atoms with van der Waals surface area (Å²) in [6.07, 6.45) is 2.87. The predicted molar refractivity (Wildman–Crippen MR) is 96.1 cm³/mol. The van der Waals surface area contributed by atoms with Crippen LogP contribution < -0.4 is 21.4 Å². The summed E-state index contributed by atoms with van der Waals surface area (Å²) in [6.45, 7) is -0.279. The molecule has 0 aliphatic heterocycles. The molecule has 0 bridgehead atoms. The lowest BCUT2D eigenvalue weighted by atomic mass is 10.1. The van der Waals surface area contributed by atoms with Crippen molar-refractivity contribution in [3.05, 3.63) is 66.0 Å². The molecule has 4 N–H and O–H groups in total. The van der Waals surface area contributed by atoms with Crippen LogP contribution in [0.15, 0.2) is 48.8 Å². The molecule has 2 aromatic heterocycles. The normalized spacial score (nSPS) is 10.6. The van der Waals surface area contributed by atoms with Gasteiger partial charge in [-0.05, 0) is 24.3 Å². The number of urea groups is 1. The van der Waals surface area contributed by atoms with E-state index in [0.29, 0.717) is 5.01 Å². The van der Waals surface area contributed by atoms with Gasteiger partial charge in [-0.25, -0.2) is 39.9 Å². The van der Waals surface area contributed by atoms with Crippen LogP contribution in [-0.4, -0.2) is 32.9 Å². The van der Waals surface area contributed by atoms with E-state index in [1.54, 1.807) is 0 Å². The Kier molecular flexibility index (Phi) is 5.47. The number of pyridine rings is 1. The van der Waals surface area contributed by atoms with E-state index in [1.165, 1.54) is 60.5 Å². The van der Waals surface area contributed by atoms with Crippen molar-refractivity contribution in [1.82, 2.24) is 19.8 Å². The maximum atomic E-state index is 14.3. The van der Waals surface area contributed by atoms with Crippen molar-refractivity contribution in [2.24, 2.45) is 11.7 Å². The smallest absolute Gasteiger partial charge is 0.352 e. The summed E-state index contributed by atoms with van der Waals surface area (Å²) in [5.41, 5.74) is 0.108. The molecule has 0 fully saturated rings. The summed E-state index contributed by atoms with van der Waals surface area (Å²) in [6, 6.07) is 7.47. The lowest BCUT2D eigenvalue weighted by Crippen LogP contribution is -2.49. The summed E-state index contributed by atoms with van der Waals surface area (Å²) in [5, 5.41) is 5.53. The number of nitrogens with zero attached hydrogens (tertiary/aromatic N) is 5. The molecule has 0 radical (unpaired) electrons. The van der Waals surface area contributed by atoms with Crippen LogP contribution in [0.4, 0.5) is 19.3 Å². The molecule has 0 atom stereocenters. The largest absolute Gasteiger partial charge is 0.472 e. The van der Waals surface area contributed by atoms with Crippen LogP contribution in [0.2, 0.25) is 0 Å². The Labute approximate surface area is 158 Å². The third-order valence-corrected chi connectivity index (χ3v) is 3.75. The molecule has 3 aromatic rings. The molecule has 1 aromatic carbocycles. The van der Waals surface area contributed by atoms with Crippen LogP contribution in [0.25, 0.3) is 5.82 Å². The highest BCUT2D eigenvalue weighted by Gasteiger charge is 2.20. The van der Waals surface area contributed by atoms with Gasteiger partial charge in [-0.15, -0.1) is 5.10 Å². The molecule has 3 rings (SSSR count). The Hall–Kier alpha value is -3.57. The van der Waals surface area contributed by atoms with E-state index in [0.717, 1.165) is 5.01 Å². The van der Waals surface area contributed by atoms with Crippen LogP contribution in [0.1, 0.15) is 5.56 Å². The molecule has 0 spiro atoms. The van der Waals surface area contributed by atoms with Crippen molar-refractivity contribution in [3.8, 4) is 11.7 Å². The molecule has 9 nitrogen and oxygen atoms in total. The van der Waals surface area contributed by atoms with Gasteiger partial charge < -0.3 is 4.74 Å². The quantitative estimate of drug-likeness (QED) is 0.390. The standard InChI is InChI=1S/C17H17F2N7O2/c1-24(20)17(27)26(21)14-6-2-4-12(18)11(14)10-28-15-7-9-25(23-15)16-13(19)5-3-8-22-16/h2-9H,10,20-21H2,1H3. The van der Waals surface area contributed by atoms with Gasteiger partial charge in [0.2, 0.25) is 5.88 Å². The van der Waals surface area contributed by atoms with Crippen molar-refractivity contribution in [1.29, 1.82) is 0 Å². The molecule has 28 heavy (non-hydrogen) atoms. The topological polar surface area (TPSA) is 116 Å². The molecule has 11 heteroatoms. The fraction of sp³-hybridized carbons (Fsp3) is 0.118. The second-order valence-electron chi connectivity index (χ2n) is 5.70. The van der Waals surface area contributed by atoms with E-state index in [1.807, 2.05) is 0 Å². The first-order valence-electron chi connectivity index (χ1n) is 8.02. The minimum absolute atomic E-state index is 0.00589. The van der Waals surface area contributed by atoms with Crippen LogP contribution in [0.5, 0.6) is 5.88 Å². The molecule has 0 aliphatic carbocycles. The van der Waals surface area contributed by atoms with Crippen molar-refractivity contribution >= 4 is 11.7 Å². The fourth-order valence-electron chi connectivity index (χ4n) is 2.38. The van der Waals surface area contributed by atoms with Gasteiger partial charge in [0.25, 0.3) is 0 Å². The number of ether oxygens (including phenoxy) is 1. The number of hydrogen-bond donors (Lipinski definition) is 2. The first-order chi connectivity index (χ1) is 13.4. The first-order valence-corrected chi connectivity index (χ1v) is 8.02. The van der Waals surface area contributed by atoms with Gasteiger partial charge >= 0.3 is 6.03 Å². The molecule has 146 valence electrons. The maximum absolute atomic E-state index is 14.3. The van der Waals surface area contributed by atoms with Crippen molar-refractivity contribution < 1.29 is 18.3 Å². The van der Waals surface area contributed by atoms with Crippen LogP contribution in [-0.2, 0) is 6.61 Å². The van der Waals surface area contributed by atoms with E-state index < -0.39 is 17.7 Å². The van der Waals surface area contributed by atoms with Gasteiger partial charge in [-0.3, -0.25) is 5.01 Å². The third-order valence-electron chi connectivity index (χ3n) is 3.75. The summed E-state index contributed by atoms with van der Waals surface area (Å²) < 4.78 is 34.8. The third kappa shape index (κ3) is 3.89. The highest BCUT2D eigenvalue weighted by Crippen LogP contribution is 2.24. The number of carbonyl (C=O) groups excluding carboxylic acids is 1. The Morgan fingerprint density at radius 1 is 1.18 bits per heavy atom. The van der Waals surface area contributed by atoms with Crippen LogP contribution in [0, 0.1) is 11.6 Å². The van der Waals surface area contributed by atoms with Crippen LogP contribution in [0.3, 0.4) is 0 Å². The molecule has 2 heterocycles. The zero-order valence-electron chi connectivity index (χ0n) is 14.8. The number of hydrogen-bond acceptors (Lipinski definition) is 6. The number of rotatable bonds is 5. The van der Waals surface area contributed by atoms with Gasteiger partial charge in [0.05, 0.1) is 11.3 Å². The fourth-order valence-corrected chi connectivity index (χ4v) is 2.38. The highest BCUT2D eigenvalue weighted by atomic mass is 19.1. The number of carbonyl (C=O) groups is 1. The number of hydrazine groups is 2. The number of anilines is 1. The first kappa shape index (κ1) is 19.2. The van der Waals surface area contributed by atoms with E-state index in [2.05, 4.69) is 10.1 Å². The summed E-state index contributed by atoms with van der Waals surface area (Å²) >= 11 is 0. The monoisotopic (exact) mass is 389 g/mol. The molecule has 0 saturated heterocycles. The minimum atomic E-state index is -0.748. The molecule has 2 amide bonds.